The van der Waals surface area contributed by atoms with Gasteiger partial charge in [-0.15, -0.1) is 0 Å². The molecule has 2 rings (SSSR count). The molecular formula is C16H21N3O2. The van der Waals surface area contributed by atoms with Crippen LogP contribution in [0.5, 0.6) is 11.5 Å². The summed E-state index contributed by atoms with van der Waals surface area (Å²) in [7, 11) is 1.62. The first-order chi connectivity index (χ1) is 10.3. The first-order valence-corrected chi connectivity index (χ1v) is 6.97. The fourth-order valence-electron chi connectivity index (χ4n) is 2.14. The molecule has 0 aliphatic heterocycles. The summed E-state index contributed by atoms with van der Waals surface area (Å²) in [5.41, 5.74) is 4.80. The number of hydrogen-bond donors (Lipinski definition) is 2. The highest BCUT2D eigenvalue weighted by Gasteiger charge is 2.16. The van der Waals surface area contributed by atoms with Crippen molar-refractivity contribution in [3.63, 3.8) is 0 Å². The number of benzene rings is 1. The third-order valence-corrected chi connectivity index (χ3v) is 3.20. The van der Waals surface area contributed by atoms with E-state index in [0.717, 1.165) is 29.9 Å². The van der Waals surface area contributed by atoms with Gasteiger partial charge in [-0.2, -0.15) is 0 Å². The van der Waals surface area contributed by atoms with Gasteiger partial charge in [-0.3, -0.25) is 10.8 Å². The molecule has 0 fully saturated rings. The Morgan fingerprint density at radius 2 is 2.00 bits per heavy atom. The summed E-state index contributed by atoms with van der Waals surface area (Å²) in [5, 5.41) is 0. The minimum absolute atomic E-state index is 0.164. The van der Waals surface area contributed by atoms with Gasteiger partial charge in [0.2, 0.25) is 0 Å². The number of hydrogen-bond acceptors (Lipinski definition) is 5. The molecule has 0 saturated carbocycles. The molecule has 0 radical (unpaired) electrons. The standard InChI is InChI=1S/C16H21N3O2/c1-3-10-21-13-6-4-12(5-7-13)16(19-17)14-8-9-18-11-15(14)20-2/h4-9,11,16,19H,3,10,17H2,1-2H3. The van der Waals surface area contributed by atoms with Gasteiger partial charge in [-0.05, 0) is 30.2 Å². The molecule has 0 aliphatic carbocycles. The molecule has 5 nitrogen and oxygen atoms in total. The van der Waals surface area contributed by atoms with Crippen molar-refractivity contribution in [2.75, 3.05) is 13.7 Å². The van der Waals surface area contributed by atoms with Crippen molar-refractivity contribution < 1.29 is 9.47 Å². The van der Waals surface area contributed by atoms with Crippen LogP contribution in [0.25, 0.3) is 0 Å². The number of methoxy groups -OCH3 is 1. The Morgan fingerprint density at radius 3 is 2.62 bits per heavy atom. The molecule has 0 amide bonds. The molecular weight excluding hydrogens is 266 g/mol. The summed E-state index contributed by atoms with van der Waals surface area (Å²) in [4.78, 5) is 4.06. The van der Waals surface area contributed by atoms with Crippen molar-refractivity contribution in [2.45, 2.75) is 19.4 Å². The largest absolute Gasteiger partial charge is 0.495 e. The summed E-state index contributed by atoms with van der Waals surface area (Å²) < 4.78 is 10.9. The van der Waals surface area contributed by atoms with Crippen molar-refractivity contribution in [1.29, 1.82) is 0 Å². The van der Waals surface area contributed by atoms with E-state index in [1.165, 1.54) is 0 Å². The van der Waals surface area contributed by atoms with Gasteiger partial charge in [0.05, 0.1) is 26.0 Å². The number of ether oxygens (including phenoxy) is 2. The predicted molar refractivity (Wildman–Crippen MR) is 82.2 cm³/mol. The average Bonchev–Trinajstić information content (AvgIpc) is 2.55. The lowest BCUT2D eigenvalue weighted by Gasteiger charge is -2.19. The van der Waals surface area contributed by atoms with Crippen LogP contribution in [0.15, 0.2) is 42.7 Å². The maximum atomic E-state index is 5.72. The second-order valence-electron chi connectivity index (χ2n) is 4.63. The van der Waals surface area contributed by atoms with Crippen LogP contribution < -0.4 is 20.7 Å². The van der Waals surface area contributed by atoms with Crippen LogP contribution in [0.2, 0.25) is 0 Å². The fourth-order valence-corrected chi connectivity index (χ4v) is 2.14. The molecule has 1 atom stereocenters. The zero-order valence-corrected chi connectivity index (χ0v) is 12.4. The van der Waals surface area contributed by atoms with Crippen LogP contribution in [-0.2, 0) is 0 Å². The number of pyridine rings is 1. The van der Waals surface area contributed by atoms with Gasteiger partial charge in [0.1, 0.15) is 11.5 Å². The van der Waals surface area contributed by atoms with Gasteiger partial charge in [-0.25, -0.2) is 5.43 Å². The third-order valence-electron chi connectivity index (χ3n) is 3.20. The van der Waals surface area contributed by atoms with Gasteiger partial charge in [0.15, 0.2) is 0 Å². The zero-order chi connectivity index (χ0) is 15.1. The Balaban J connectivity index is 2.24. The van der Waals surface area contributed by atoms with Gasteiger partial charge in [-0.1, -0.05) is 19.1 Å². The van der Waals surface area contributed by atoms with Crippen LogP contribution in [0, 0.1) is 0 Å². The molecule has 0 saturated heterocycles. The minimum atomic E-state index is -0.164. The summed E-state index contributed by atoms with van der Waals surface area (Å²) in [6.45, 7) is 2.80. The SMILES string of the molecule is CCCOc1ccc(C(NN)c2ccncc2OC)cc1. The summed E-state index contributed by atoms with van der Waals surface area (Å²) in [6.07, 6.45) is 4.39. The molecule has 3 N–H and O–H groups in total. The maximum Gasteiger partial charge on any atom is 0.142 e. The number of hydrazine groups is 1. The molecule has 2 aromatic rings. The number of nitrogens with one attached hydrogen (secondary N) is 1. The van der Waals surface area contributed by atoms with E-state index in [-0.39, 0.29) is 6.04 Å². The topological polar surface area (TPSA) is 69.4 Å². The Hall–Kier alpha value is -2.11. The van der Waals surface area contributed by atoms with Crippen LogP contribution >= 0.6 is 0 Å². The van der Waals surface area contributed by atoms with E-state index in [1.807, 2.05) is 30.3 Å². The van der Waals surface area contributed by atoms with E-state index >= 15 is 0 Å². The second kappa shape index (κ2) is 7.61. The molecule has 0 aliphatic rings. The monoisotopic (exact) mass is 287 g/mol. The number of aromatic nitrogens is 1. The molecule has 0 spiro atoms. The van der Waals surface area contributed by atoms with E-state index in [9.17, 15) is 0 Å². The summed E-state index contributed by atoms with van der Waals surface area (Å²) in [6, 6.07) is 9.62. The first kappa shape index (κ1) is 15.3. The number of nitrogens with two attached hydrogens (primary N) is 1. The smallest absolute Gasteiger partial charge is 0.142 e. The van der Waals surface area contributed by atoms with Gasteiger partial charge in [0, 0.05) is 11.8 Å². The van der Waals surface area contributed by atoms with Crippen molar-refractivity contribution in [2.24, 2.45) is 5.84 Å². The molecule has 1 heterocycles. The average molecular weight is 287 g/mol. The maximum absolute atomic E-state index is 5.72. The highest BCUT2D eigenvalue weighted by atomic mass is 16.5. The van der Waals surface area contributed by atoms with Crippen molar-refractivity contribution in [3.8, 4) is 11.5 Å². The zero-order valence-electron chi connectivity index (χ0n) is 12.4. The predicted octanol–water partition coefficient (Wildman–Crippen LogP) is 2.43. The Kier molecular flexibility index (Phi) is 5.54. The van der Waals surface area contributed by atoms with Gasteiger partial charge >= 0.3 is 0 Å². The minimum Gasteiger partial charge on any atom is -0.495 e. The molecule has 112 valence electrons. The molecule has 1 aromatic carbocycles. The van der Waals surface area contributed by atoms with Gasteiger partial charge in [0.25, 0.3) is 0 Å². The summed E-state index contributed by atoms with van der Waals surface area (Å²) >= 11 is 0. The van der Waals surface area contributed by atoms with E-state index in [0.29, 0.717) is 5.75 Å². The Labute approximate surface area is 125 Å². The van der Waals surface area contributed by atoms with Crippen molar-refractivity contribution >= 4 is 0 Å². The lowest BCUT2D eigenvalue weighted by atomic mass is 9.99. The van der Waals surface area contributed by atoms with E-state index in [1.54, 1.807) is 19.5 Å². The molecule has 21 heavy (non-hydrogen) atoms. The number of nitrogens with zero attached hydrogens (tertiary/aromatic N) is 1. The fraction of sp³-hybridized carbons (Fsp3) is 0.312. The quantitative estimate of drug-likeness (QED) is 0.604. The molecule has 5 heteroatoms. The van der Waals surface area contributed by atoms with E-state index < -0.39 is 0 Å². The lowest BCUT2D eigenvalue weighted by Crippen LogP contribution is -2.29. The van der Waals surface area contributed by atoms with Crippen LogP contribution in [0.4, 0.5) is 0 Å². The lowest BCUT2D eigenvalue weighted by molar-refractivity contribution is 0.317. The summed E-state index contributed by atoms with van der Waals surface area (Å²) in [5.74, 6) is 7.28. The van der Waals surface area contributed by atoms with Crippen molar-refractivity contribution in [3.05, 3.63) is 53.9 Å². The molecule has 1 unspecified atom stereocenters. The molecule has 1 aromatic heterocycles. The highest BCUT2D eigenvalue weighted by Crippen LogP contribution is 2.29. The normalized spacial score (nSPS) is 12.0. The highest BCUT2D eigenvalue weighted by molar-refractivity contribution is 5.41. The van der Waals surface area contributed by atoms with Crippen LogP contribution in [-0.4, -0.2) is 18.7 Å². The Morgan fingerprint density at radius 1 is 1.24 bits per heavy atom. The van der Waals surface area contributed by atoms with Crippen LogP contribution in [0.3, 0.4) is 0 Å². The first-order valence-electron chi connectivity index (χ1n) is 6.97. The van der Waals surface area contributed by atoms with E-state index in [4.69, 9.17) is 15.3 Å². The van der Waals surface area contributed by atoms with E-state index in [2.05, 4.69) is 17.3 Å². The molecule has 0 bridgehead atoms. The Bertz CT molecular complexity index is 558. The number of rotatable bonds is 7. The third kappa shape index (κ3) is 3.71. The van der Waals surface area contributed by atoms with Gasteiger partial charge < -0.3 is 9.47 Å². The van der Waals surface area contributed by atoms with Crippen LogP contribution in [0.1, 0.15) is 30.5 Å². The van der Waals surface area contributed by atoms with Crippen molar-refractivity contribution in [1.82, 2.24) is 10.4 Å². The second-order valence-corrected chi connectivity index (χ2v) is 4.63.